The molecule has 4 rings (SSSR count). The molecule has 1 saturated carbocycles. The molecule has 2 N–H and O–H groups in total. The molecule has 4 nitrogen and oxygen atoms in total. The van der Waals surface area contributed by atoms with E-state index in [4.69, 9.17) is 4.74 Å². The predicted molar refractivity (Wildman–Crippen MR) is 92.2 cm³/mol. The summed E-state index contributed by atoms with van der Waals surface area (Å²) in [7, 11) is 0. The van der Waals surface area contributed by atoms with Crippen molar-refractivity contribution in [3.05, 3.63) is 23.9 Å². The fourth-order valence-electron chi connectivity index (χ4n) is 3.62. The minimum atomic E-state index is 0.411. The lowest BCUT2D eigenvalue weighted by atomic mass is 9.99. The first-order chi connectivity index (χ1) is 11.2. The molecular formula is C19H26N2O2. The van der Waals surface area contributed by atoms with Crippen molar-refractivity contribution in [3.8, 4) is 11.6 Å². The van der Waals surface area contributed by atoms with Gasteiger partial charge in [-0.3, -0.25) is 0 Å². The van der Waals surface area contributed by atoms with Gasteiger partial charge in [0.05, 0.1) is 6.61 Å². The maximum absolute atomic E-state index is 10.5. The van der Waals surface area contributed by atoms with E-state index in [1.165, 1.54) is 25.7 Å². The van der Waals surface area contributed by atoms with Crippen molar-refractivity contribution in [2.24, 2.45) is 11.8 Å². The molecule has 2 heterocycles. The fraction of sp³-hybridized carbons (Fsp3) is 0.579. The van der Waals surface area contributed by atoms with Gasteiger partial charge in [0.1, 0.15) is 5.75 Å². The van der Waals surface area contributed by atoms with Crippen LogP contribution in [0.4, 0.5) is 0 Å². The molecule has 2 aromatic rings. The van der Waals surface area contributed by atoms with Crippen LogP contribution in [0.25, 0.3) is 10.8 Å². The number of ether oxygens (including phenoxy) is 1. The molecule has 1 aromatic carbocycles. The molecule has 0 atom stereocenters. The number of fused-ring (bicyclic) bond motifs is 1. The Bertz CT molecular complexity index is 697. The van der Waals surface area contributed by atoms with Crippen LogP contribution in [0.15, 0.2) is 18.3 Å². The van der Waals surface area contributed by atoms with Crippen LogP contribution in [0.5, 0.6) is 11.6 Å². The van der Waals surface area contributed by atoms with E-state index in [9.17, 15) is 5.11 Å². The number of aryl methyl sites for hydroxylation is 1. The molecule has 1 saturated heterocycles. The van der Waals surface area contributed by atoms with Gasteiger partial charge in [-0.2, -0.15) is 0 Å². The van der Waals surface area contributed by atoms with E-state index in [1.807, 2.05) is 4.57 Å². The first kappa shape index (κ1) is 14.9. The van der Waals surface area contributed by atoms with Gasteiger partial charge in [-0.15, -0.1) is 0 Å². The molecular weight excluding hydrogens is 288 g/mol. The number of hydrogen-bond acceptors (Lipinski definition) is 3. The van der Waals surface area contributed by atoms with Gasteiger partial charge in [0.2, 0.25) is 0 Å². The lowest BCUT2D eigenvalue weighted by Gasteiger charge is -2.22. The highest BCUT2D eigenvalue weighted by Gasteiger charge is 2.24. The smallest absolute Gasteiger partial charge is 0.199 e. The van der Waals surface area contributed by atoms with Crippen molar-refractivity contribution < 1.29 is 9.84 Å². The second-order valence-electron chi connectivity index (χ2n) is 7.26. The summed E-state index contributed by atoms with van der Waals surface area (Å²) < 4.78 is 8.06. The Kier molecular flexibility index (Phi) is 3.93. The zero-order valence-corrected chi connectivity index (χ0v) is 13.8. The predicted octanol–water partition coefficient (Wildman–Crippen LogP) is 3.44. The number of rotatable bonds is 5. The molecule has 0 unspecified atom stereocenters. The van der Waals surface area contributed by atoms with E-state index in [1.54, 1.807) is 0 Å². The van der Waals surface area contributed by atoms with Gasteiger partial charge in [0, 0.05) is 23.5 Å². The molecule has 1 aliphatic carbocycles. The first-order valence-corrected chi connectivity index (χ1v) is 8.86. The van der Waals surface area contributed by atoms with Crippen molar-refractivity contribution in [3.63, 3.8) is 0 Å². The Morgan fingerprint density at radius 3 is 2.70 bits per heavy atom. The van der Waals surface area contributed by atoms with E-state index in [0.29, 0.717) is 11.8 Å². The lowest BCUT2D eigenvalue weighted by Crippen LogP contribution is -2.30. The molecule has 4 heteroatoms. The van der Waals surface area contributed by atoms with Crippen molar-refractivity contribution in [1.82, 2.24) is 9.88 Å². The monoisotopic (exact) mass is 314 g/mol. The van der Waals surface area contributed by atoms with E-state index in [2.05, 4.69) is 30.6 Å². The van der Waals surface area contributed by atoms with Gasteiger partial charge in [-0.25, -0.2) is 0 Å². The van der Waals surface area contributed by atoms with Gasteiger partial charge >= 0.3 is 0 Å². The number of aromatic nitrogens is 1. The summed E-state index contributed by atoms with van der Waals surface area (Å²) in [6.07, 6.45) is 7.04. The Morgan fingerprint density at radius 1 is 1.17 bits per heavy atom. The summed E-state index contributed by atoms with van der Waals surface area (Å²) in [6.45, 7) is 5.99. The molecule has 0 spiro atoms. The average Bonchev–Trinajstić information content (AvgIpc) is 3.31. The van der Waals surface area contributed by atoms with Crippen LogP contribution in [-0.2, 0) is 6.54 Å². The minimum Gasteiger partial charge on any atom is -0.494 e. The SMILES string of the molecule is Cc1cc(OCC2CCNCC2)cc2cn(CC3CC3)c(O)c12. The van der Waals surface area contributed by atoms with Crippen molar-refractivity contribution in [2.45, 2.75) is 39.2 Å². The summed E-state index contributed by atoms with van der Waals surface area (Å²) in [5.74, 6) is 2.74. The third kappa shape index (κ3) is 3.18. The summed E-state index contributed by atoms with van der Waals surface area (Å²) in [5.41, 5.74) is 1.09. The summed E-state index contributed by atoms with van der Waals surface area (Å²) in [4.78, 5) is 0. The lowest BCUT2D eigenvalue weighted by molar-refractivity contribution is 0.215. The zero-order valence-electron chi connectivity index (χ0n) is 13.8. The van der Waals surface area contributed by atoms with E-state index in [-0.39, 0.29) is 0 Å². The molecule has 1 aliphatic heterocycles. The van der Waals surface area contributed by atoms with Crippen molar-refractivity contribution in [2.75, 3.05) is 19.7 Å². The van der Waals surface area contributed by atoms with Crippen molar-refractivity contribution >= 4 is 10.8 Å². The summed E-state index contributed by atoms with van der Waals surface area (Å²) >= 11 is 0. The number of nitrogens with one attached hydrogen (secondary N) is 1. The second-order valence-corrected chi connectivity index (χ2v) is 7.26. The number of nitrogens with zero attached hydrogens (tertiary/aromatic N) is 1. The molecule has 23 heavy (non-hydrogen) atoms. The molecule has 1 aromatic heterocycles. The van der Waals surface area contributed by atoms with Crippen molar-refractivity contribution in [1.29, 1.82) is 0 Å². The zero-order chi connectivity index (χ0) is 15.8. The highest BCUT2D eigenvalue weighted by Crippen LogP contribution is 2.37. The maximum Gasteiger partial charge on any atom is 0.199 e. The van der Waals surface area contributed by atoms with Crippen LogP contribution >= 0.6 is 0 Å². The van der Waals surface area contributed by atoms with E-state index < -0.39 is 0 Å². The van der Waals surface area contributed by atoms with Gasteiger partial charge in [-0.1, -0.05) is 0 Å². The topological polar surface area (TPSA) is 46.4 Å². The molecule has 0 amide bonds. The van der Waals surface area contributed by atoms with Gasteiger partial charge in [-0.05, 0) is 75.2 Å². The maximum atomic E-state index is 10.5. The Morgan fingerprint density at radius 2 is 1.96 bits per heavy atom. The quantitative estimate of drug-likeness (QED) is 0.888. The molecule has 0 bridgehead atoms. The van der Waals surface area contributed by atoms with Crippen LogP contribution < -0.4 is 10.1 Å². The molecule has 2 fully saturated rings. The largest absolute Gasteiger partial charge is 0.494 e. The van der Waals surface area contributed by atoms with Gasteiger partial charge < -0.3 is 19.7 Å². The Labute approximate surface area is 137 Å². The summed E-state index contributed by atoms with van der Waals surface area (Å²) in [5, 5.41) is 15.9. The first-order valence-electron chi connectivity index (χ1n) is 8.86. The Balaban J connectivity index is 1.53. The molecule has 124 valence electrons. The minimum absolute atomic E-state index is 0.411. The number of piperidine rings is 1. The third-order valence-electron chi connectivity index (χ3n) is 5.23. The van der Waals surface area contributed by atoms with Crippen LogP contribution in [0.2, 0.25) is 0 Å². The van der Waals surface area contributed by atoms with Crippen LogP contribution in [0.1, 0.15) is 31.2 Å². The van der Waals surface area contributed by atoms with Gasteiger partial charge in [0.25, 0.3) is 0 Å². The second kappa shape index (κ2) is 6.08. The molecule has 2 aliphatic rings. The number of hydrogen-bond donors (Lipinski definition) is 2. The van der Waals surface area contributed by atoms with E-state index in [0.717, 1.165) is 54.2 Å². The van der Waals surface area contributed by atoms with Crippen LogP contribution in [0, 0.1) is 18.8 Å². The summed E-state index contributed by atoms with van der Waals surface area (Å²) in [6, 6.07) is 4.14. The fourth-order valence-corrected chi connectivity index (χ4v) is 3.62. The Hall–Kier alpha value is -1.68. The van der Waals surface area contributed by atoms with Gasteiger partial charge in [0.15, 0.2) is 5.88 Å². The number of benzene rings is 1. The highest BCUT2D eigenvalue weighted by atomic mass is 16.5. The third-order valence-corrected chi connectivity index (χ3v) is 5.23. The van der Waals surface area contributed by atoms with Crippen LogP contribution in [-0.4, -0.2) is 29.4 Å². The standard InChI is InChI=1S/C19H26N2O2/c1-13-8-17(23-12-15-4-6-20-7-5-15)9-16-11-21(10-14-2-3-14)19(22)18(13)16/h8-9,11,14-15,20,22H,2-7,10,12H2,1H3. The average molecular weight is 314 g/mol. The number of aromatic hydroxyl groups is 1. The van der Waals surface area contributed by atoms with E-state index >= 15 is 0 Å². The molecule has 0 radical (unpaired) electrons. The van der Waals surface area contributed by atoms with Crippen LogP contribution in [0.3, 0.4) is 0 Å². The normalized spacial score (nSPS) is 19.3. The highest BCUT2D eigenvalue weighted by molar-refractivity contribution is 5.92.